The molecule has 1 aromatic carbocycles. The molecule has 7 heteroatoms. The number of para-hydroxylation sites is 1. The van der Waals surface area contributed by atoms with Gasteiger partial charge in [0.25, 0.3) is 0 Å². The summed E-state index contributed by atoms with van der Waals surface area (Å²) in [5.41, 5.74) is 0. The third kappa shape index (κ3) is 6.21. The van der Waals surface area contributed by atoms with Crippen LogP contribution in [0, 0.1) is 0 Å². The van der Waals surface area contributed by atoms with Crippen molar-refractivity contribution in [2.24, 2.45) is 0 Å². The molecule has 0 unspecified atom stereocenters. The van der Waals surface area contributed by atoms with Crippen LogP contribution in [0.15, 0.2) is 30.3 Å². The highest BCUT2D eigenvalue weighted by Crippen LogP contribution is 2.07. The fourth-order valence-corrected chi connectivity index (χ4v) is 2.10. The fraction of sp³-hybridized carbons (Fsp3) is 0.364. The molecule has 0 aliphatic heterocycles. The molecule has 2 N–H and O–H groups in total. The summed E-state index contributed by atoms with van der Waals surface area (Å²) in [5.74, 6) is -1.57. The van der Waals surface area contributed by atoms with Crippen LogP contribution in [0.2, 0.25) is 0 Å². The Hall–Kier alpha value is -1.60. The van der Waals surface area contributed by atoms with E-state index >= 15 is 0 Å². The fourth-order valence-electron chi connectivity index (χ4n) is 1.22. The maximum absolute atomic E-state index is 11.1. The van der Waals surface area contributed by atoms with Gasteiger partial charge in [-0.25, -0.2) is 13.1 Å². The highest BCUT2D eigenvalue weighted by Gasteiger charge is 2.14. The summed E-state index contributed by atoms with van der Waals surface area (Å²) in [6.07, 6.45) is 0.466. The van der Waals surface area contributed by atoms with Crippen LogP contribution in [0.25, 0.3) is 0 Å². The zero-order valence-corrected chi connectivity index (χ0v) is 10.5. The molecule has 0 atom stereocenters. The monoisotopic (exact) mass is 273 g/mol. The van der Waals surface area contributed by atoms with Crippen LogP contribution in [-0.4, -0.2) is 38.4 Å². The SMILES string of the molecule is O=C(O)CS(=O)(=O)NCCCOc1ccccc1. The lowest BCUT2D eigenvalue weighted by Gasteiger charge is -2.06. The van der Waals surface area contributed by atoms with Gasteiger partial charge in [0.05, 0.1) is 6.61 Å². The Labute approximate surface area is 106 Å². The molecule has 0 aromatic heterocycles. The summed E-state index contributed by atoms with van der Waals surface area (Å²) < 4.78 is 29.8. The zero-order valence-electron chi connectivity index (χ0n) is 9.70. The molecule has 0 bridgehead atoms. The summed E-state index contributed by atoms with van der Waals surface area (Å²) in [7, 11) is -3.73. The van der Waals surface area contributed by atoms with Crippen LogP contribution >= 0.6 is 0 Å². The highest BCUT2D eigenvalue weighted by atomic mass is 32.2. The molecular weight excluding hydrogens is 258 g/mol. The van der Waals surface area contributed by atoms with Gasteiger partial charge < -0.3 is 9.84 Å². The first kappa shape index (κ1) is 14.5. The molecule has 0 spiro atoms. The summed E-state index contributed by atoms with van der Waals surface area (Å²) in [4.78, 5) is 10.2. The van der Waals surface area contributed by atoms with E-state index in [1.165, 1.54) is 0 Å². The number of sulfonamides is 1. The summed E-state index contributed by atoms with van der Waals surface area (Å²) in [5, 5.41) is 8.36. The summed E-state index contributed by atoms with van der Waals surface area (Å²) >= 11 is 0. The normalized spacial score (nSPS) is 11.1. The predicted octanol–water partition coefficient (Wildman–Crippen LogP) is 0.459. The van der Waals surface area contributed by atoms with Crippen molar-refractivity contribution < 1.29 is 23.1 Å². The molecule has 0 amide bonds. The minimum atomic E-state index is -3.73. The quantitative estimate of drug-likeness (QED) is 0.671. The predicted molar refractivity (Wildman–Crippen MR) is 66.0 cm³/mol. The molecule has 1 aromatic rings. The van der Waals surface area contributed by atoms with Crippen molar-refractivity contribution in [2.75, 3.05) is 18.9 Å². The molecule has 100 valence electrons. The second-order valence-electron chi connectivity index (χ2n) is 3.56. The van der Waals surface area contributed by atoms with Crippen molar-refractivity contribution in [3.63, 3.8) is 0 Å². The van der Waals surface area contributed by atoms with Crippen molar-refractivity contribution in [3.8, 4) is 5.75 Å². The molecule has 18 heavy (non-hydrogen) atoms. The minimum Gasteiger partial charge on any atom is -0.494 e. The first-order valence-corrected chi connectivity index (χ1v) is 7.02. The lowest BCUT2D eigenvalue weighted by atomic mass is 10.3. The molecule has 0 fully saturated rings. The molecule has 0 saturated heterocycles. The van der Waals surface area contributed by atoms with Gasteiger partial charge in [0, 0.05) is 6.54 Å². The Morgan fingerprint density at radius 1 is 1.28 bits per heavy atom. The Morgan fingerprint density at radius 3 is 2.56 bits per heavy atom. The lowest BCUT2D eigenvalue weighted by Crippen LogP contribution is -2.31. The molecule has 0 radical (unpaired) electrons. The average molecular weight is 273 g/mol. The zero-order chi connectivity index (χ0) is 13.4. The van der Waals surface area contributed by atoms with Gasteiger partial charge in [-0.15, -0.1) is 0 Å². The number of hydrogen-bond donors (Lipinski definition) is 2. The number of hydrogen-bond acceptors (Lipinski definition) is 4. The van der Waals surface area contributed by atoms with E-state index in [0.717, 1.165) is 0 Å². The van der Waals surface area contributed by atoms with Crippen LogP contribution in [0.1, 0.15) is 6.42 Å². The third-order valence-corrected chi connectivity index (χ3v) is 3.24. The molecule has 1 rings (SSSR count). The van der Waals surface area contributed by atoms with Gasteiger partial charge in [0.15, 0.2) is 5.75 Å². The van der Waals surface area contributed by atoms with E-state index in [4.69, 9.17) is 9.84 Å². The molecule has 0 heterocycles. The number of nitrogens with one attached hydrogen (secondary N) is 1. The van der Waals surface area contributed by atoms with Crippen molar-refractivity contribution >= 4 is 16.0 Å². The second-order valence-corrected chi connectivity index (χ2v) is 5.37. The van der Waals surface area contributed by atoms with Crippen molar-refractivity contribution in [1.29, 1.82) is 0 Å². The van der Waals surface area contributed by atoms with E-state index in [-0.39, 0.29) is 6.54 Å². The van der Waals surface area contributed by atoms with E-state index in [2.05, 4.69) is 4.72 Å². The number of benzene rings is 1. The molecule has 6 nitrogen and oxygen atoms in total. The molecule has 0 saturated carbocycles. The van der Waals surface area contributed by atoms with Gasteiger partial charge >= 0.3 is 5.97 Å². The van der Waals surface area contributed by atoms with E-state index in [9.17, 15) is 13.2 Å². The number of rotatable bonds is 8. The Kier molecular flexibility index (Phi) is 5.60. The van der Waals surface area contributed by atoms with Crippen LogP contribution in [-0.2, 0) is 14.8 Å². The van der Waals surface area contributed by atoms with Gasteiger partial charge in [0.2, 0.25) is 10.0 Å². The number of carboxylic acid groups (broad SMARTS) is 1. The maximum Gasteiger partial charge on any atom is 0.320 e. The second kappa shape index (κ2) is 6.97. The minimum absolute atomic E-state index is 0.155. The topological polar surface area (TPSA) is 92.7 Å². The van der Waals surface area contributed by atoms with Gasteiger partial charge in [-0.2, -0.15) is 0 Å². The van der Waals surface area contributed by atoms with Crippen LogP contribution in [0.4, 0.5) is 0 Å². The van der Waals surface area contributed by atoms with E-state index in [1.54, 1.807) is 12.1 Å². The van der Waals surface area contributed by atoms with Gasteiger partial charge in [0.1, 0.15) is 5.75 Å². The van der Waals surface area contributed by atoms with Crippen molar-refractivity contribution in [3.05, 3.63) is 30.3 Å². The first-order valence-electron chi connectivity index (χ1n) is 5.36. The van der Waals surface area contributed by atoms with Crippen LogP contribution in [0.3, 0.4) is 0 Å². The number of aliphatic carboxylic acids is 1. The number of carbonyl (C=O) groups is 1. The first-order chi connectivity index (χ1) is 8.49. The van der Waals surface area contributed by atoms with Gasteiger partial charge in [-0.1, -0.05) is 18.2 Å². The van der Waals surface area contributed by atoms with E-state index < -0.39 is 21.7 Å². The smallest absolute Gasteiger partial charge is 0.320 e. The van der Waals surface area contributed by atoms with E-state index in [0.29, 0.717) is 18.8 Å². The third-order valence-electron chi connectivity index (χ3n) is 1.97. The van der Waals surface area contributed by atoms with Gasteiger partial charge in [-0.05, 0) is 18.6 Å². The van der Waals surface area contributed by atoms with Crippen LogP contribution in [0.5, 0.6) is 5.75 Å². The van der Waals surface area contributed by atoms with Gasteiger partial charge in [-0.3, -0.25) is 4.79 Å². The largest absolute Gasteiger partial charge is 0.494 e. The standard InChI is InChI=1S/C11H15NO5S/c13-11(14)9-18(15,16)12-7-4-8-17-10-5-2-1-3-6-10/h1-3,5-6,12H,4,7-9H2,(H,13,14). The Balaban J connectivity index is 2.18. The van der Waals surface area contributed by atoms with E-state index in [1.807, 2.05) is 18.2 Å². The molecule has 0 aliphatic carbocycles. The number of carboxylic acids is 1. The summed E-state index contributed by atoms with van der Waals surface area (Å²) in [6.45, 7) is 0.516. The van der Waals surface area contributed by atoms with Crippen molar-refractivity contribution in [1.82, 2.24) is 4.72 Å². The summed E-state index contributed by atoms with van der Waals surface area (Å²) in [6, 6.07) is 9.14. The van der Waals surface area contributed by atoms with Crippen molar-refractivity contribution in [2.45, 2.75) is 6.42 Å². The maximum atomic E-state index is 11.1. The highest BCUT2D eigenvalue weighted by molar-refractivity contribution is 7.90. The Morgan fingerprint density at radius 2 is 1.94 bits per heavy atom. The van der Waals surface area contributed by atoms with Crippen LogP contribution < -0.4 is 9.46 Å². The number of ether oxygens (including phenoxy) is 1. The Bertz CT molecular complexity index is 471. The lowest BCUT2D eigenvalue weighted by molar-refractivity contribution is -0.134. The average Bonchev–Trinajstić information content (AvgIpc) is 2.28. The molecular formula is C11H15NO5S. The molecule has 0 aliphatic rings.